The number of allylic oxidation sites excluding steroid dienone is 1. The molecule has 2 fully saturated rings. The van der Waals surface area contributed by atoms with Gasteiger partial charge in [0.05, 0.1) is 17.8 Å². The largest absolute Gasteiger partial charge is 0.511 e. The van der Waals surface area contributed by atoms with Crippen LogP contribution in [0.15, 0.2) is 76.0 Å². The first-order chi connectivity index (χ1) is 18.7. The molecule has 1 aromatic heterocycles. The van der Waals surface area contributed by atoms with E-state index >= 15 is 0 Å². The number of para-hydroxylation sites is 1. The van der Waals surface area contributed by atoms with Crippen LogP contribution in [0.4, 0.5) is 17.3 Å². The van der Waals surface area contributed by atoms with Gasteiger partial charge in [0.15, 0.2) is 11.6 Å². The fourth-order valence-corrected chi connectivity index (χ4v) is 6.06. The van der Waals surface area contributed by atoms with Gasteiger partial charge in [-0.15, -0.1) is 0 Å². The van der Waals surface area contributed by atoms with E-state index in [2.05, 4.69) is 34.0 Å². The molecule has 0 spiro atoms. The molecule has 4 N–H and O–H groups in total. The Kier molecular flexibility index (Phi) is 7.79. The van der Waals surface area contributed by atoms with Crippen molar-refractivity contribution >= 4 is 52.4 Å². The maximum absolute atomic E-state index is 13.0. The minimum absolute atomic E-state index is 0.0673. The molecule has 3 heterocycles. The van der Waals surface area contributed by atoms with E-state index in [1.54, 1.807) is 42.6 Å². The molecule has 0 unspecified atom stereocenters. The highest BCUT2D eigenvalue weighted by atomic mass is 35.5. The number of ketones is 1. The lowest BCUT2D eigenvalue weighted by molar-refractivity contribution is -0.116. The number of nitrogens with one attached hydrogen (secondary N) is 1. The highest BCUT2D eigenvalue weighted by Crippen LogP contribution is 2.37. The molecule has 39 heavy (non-hydrogen) atoms. The molecule has 11 heteroatoms. The second kappa shape index (κ2) is 11.3. The number of aliphatic hydroxyl groups is 1. The number of piperazine rings is 1. The van der Waals surface area contributed by atoms with Gasteiger partial charge in [-0.05, 0) is 37.6 Å². The third-order valence-corrected chi connectivity index (χ3v) is 8.26. The lowest BCUT2D eigenvalue weighted by Crippen LogP contribution is -2.54. The van der Waals surface area contributed by atoms with Crippen molar-refractivity contribution in [3.05, 3.63) is 76.6 Å². The van der Waals surface area contributed by atoms with E-state index in [-0.39, 0.29) is 24.3 Å². The van der Waals surface area contributed by atoms with Crippen LogP contribution in [-0.4, -0.2) is 58.5 Å². The van der Waals surface area contributed by atoms with Crippen molar-refractivity contribution in [2.45, 2.75) is 42.3 Å². The number of hydrogen-bond donors (Lipinski definition) is 3. The number of nitrogens with two attached hydrogens (primary N) is 1. The van der Waals surface area contributed by atoms with Gasteiger partial charge in [-0.25, -0.2) is 9.97 Å². The summed E-state index contributed by atoms with van der Waals surface area (Å²) in [6.45, 7) is 5.76. The zero-order chi connectivity index (χ0) is 27.7. The molecule has 2 aliphatic heterocycles. The molecule has 2 saturated heterocycles. The SMILES string of the molecule is C[C@@H]1CN(c2cnc(Sc3cccc(CC(O)=C4C(=O)CN(c5ccccc5)C4=O)c3Cl)c(N)n2)C[C@H](C)N1. The Bertz CT molecular complexity index is 1440. The molecule has 1 amide bonds. The highest BCUT2D eigenvalue weighted by Gasteiger charge is 2.37. The van der Waals surface area contributed by atoms with Crippen molar-refractivity contribution in [1.82, 2.24) is 15.3 Å². The summed E-state index contributed by atoms with van der Waals surface area (Å²) in [7, 11) is 0. The number of anilines is 3. The lowest BCUT2D eigenvalue weighted by Gasteiger charge is -2.36. The molecule has 0 saturated carbocycles. The Morgan fingerprint density at radius 2 is 1.85 bits per heavy atom. The first-order valence-corrected chi connectivity index (χ1v) is 13.8. The number of halogens is 1. The first-order valence-electron chi connectivity index (χ1n) is 12.6. The summed E-state index contributed by atoms with van der Waals surface area (Å²) in [5, 5.41) is 15.2. The number of nitrogens with zero attached hydrogens (tertiary/aromatic N) is 4. The normalized spacial score (nSPS) is 21.0. The summed E-state index contributed by atoms with van der Waals surface area (Å²) in [5.74, 6) is -0.244. The molecule has 0 radical (unpaired) electrons. The number of carbonyl (C=O) groups is 2. The molecule has 0 aliphatic carbocycles. The summed E-state index contributed by atoms with van der Waals surface area (Å²) < 4.78 is 0. The first kappa shape index (κ1) is 27.0. The third-order valence-electron chi connectivity index (χ3n) is 6.64. The van der Waals surface area contributed by atoms with Gasteiger partial charge in [-0.2, -0.15) is 0 Å². The Balaban J connectivity index is 1.34. The predicted molar refractivity (Wildman–Crippen MR) is 153 cm³/mol. The van der Waals surface area contributed by atoms with Crippen LogP contribution >= 0.6 is 23.4 Å². The lowest BCUT2D eigenvalue weighted by atomic mass is 10.1. The zero-order valence-electron chi connectivity index (χ0n) is 21.6. The van der Waals surface area contributed by atoms with Crippen LogP contribution in [0, 0.1) is 0 Å². The maximum atomic E-state index is 13.0. The van der Waals surface area contributed by atoms with Crippen molar-refractivity contribution < 1.29 is 14.7 Å². The maximum Gasteiger partial charge on any atom is 0.265 e. The van der Waals surface area contributed by atoms with Crippen molar-refractivity contribution in [3.63, 3.8) is 0 Å². The van der Waals surface area contributed by atoms with E-state index in [4.69, 9.17) is 17.3 Å². The molecule has 2 atom stereocenters. The summed E-state index contributed by atoms with van der Waals surface area (Å²) >= 11 is 7.97. The minimum atomic E-state index is -0.526. The Morgan fingerprint density at radius 3 is 2.54 bits per heavy atom. The van der Waals surface area contributed by atoms with E-state index in [1.807, 2.05) is 12.1 Å². The number of benzene rings is 2. The summed E-state index contributed by atoms with van der Waals surface area (Å²) in [4.78, 5) is 39.0. The monoisotopic (exact) mass is 564 g/mol. The molecular formula is C28H29ClN6O3S. The summed E-state index contributed by atoms with van der Waals surface area (Å²) in [6.07, 6.45) is 1.65. The number of aliphatic hydroxyl groups excluding tert-OH is 1. The van der Waals surface area contributed by atoms with E-state index in [0.29, 0.717) is 44.1 Å². The van der Waals surface area contributed by atoms with Crippen LogP contribution < -0.4 is 20.9 Å². The van der Waals surface area contributed by atoms with Gasteiger partial charge < -0.3 is 26.0 Å². The van der Waals surface area contributed by atoms with E-state index < -0.39 is 11.7 Å². The molecule has 0 bridgehead atoms. The Hall–Kier alpha value is -3.60. The van der Waals surface area contributed by atoms with E-state index in [1.165, 1.54) is 16.7 Å². The van der Waals surface area contributed by atoms with Gasteiger partial charge in [0.25, 0.3) is 5.91 Å². The van der Waals surface area contributed by atoms with Crippen LogP contribution in [0.2, 0.25) is 5.02 Å². The van der Waals surface area contributed by atoms with Gasteiger partial charge in [0.1, 0.15) is 22.2 Å². The summed E-state index contributed by atoms with van der Waals surface area (Å²) in [5.41, 5.74) is 7.23. The minimum Gasteiger partial charge on any atom is -0.511 e. The second-order valence-electron chi connectivity index (χ2n) is 9.77. The number of carbonyl (C=O) groups excluding carboxylic acids is 2. The quantitative estimate of drug-likeness (QED) is 0.231. The topological polar surface area (TPSA) is 125 Å². The Labute approximate surface area is 236 Å². The fraction of sp³-hybridized carbons (Fsp3) is 0.286. The second-order valence-corrected chi connectivity index (χ2v) is 11.2. The van der Waals surface area contributed by atoms with Gasteiger partial charge in [-0.1, -0.05) is 53.7 Å². The molecule has 9 nitrogen and oxygen atoms in total. The van der Waals surface area contributed by atoms with Crippen molar-refractivity contribution in [3.8, 4) is 0 Å². The average Bonchev–Trinajstić information content (AvgIpc) is 3.21. The van der Waals surface area contributed by atoms with Crippen molar-refractivity contribution in [1.29, 1.82) is 0 Å². The number of Topliss-reactive ketones (excluding diaryl/α,β-unsaturated/α-hetero) is 1. The summed E-state index contributed by atoms with van der Waals surface area (Å²) in [6, 6.07) is 14.9. The molecule has 202 valence electrons. The zero-order valence-corrected chi connectivity index (χ0v) is 23.2. The fourth-order valence-electron chi connectivity index (χ4n) is 4.92. The van der Waals surface area contributed by atoms with Crippen LogP contribution in [0.25, 0.3) is 0 Å². The van der Waals surface area contributed by atoms with Gasteiger partial charge in [0.2, 0.25) is 0 Å². The smallest absolute Gasteiger partial charge is 0.265 e. The molecule has 2 aliphatic rings. The molecular weight excluding hydrogens is 536 g/mol. The standard InChI is InChI=1S/C28H29ClN6O3S/c1-16-13-34(14-17(2)32-16)23-12-31-27(26(30)33-23)39-22-10-6-7-18(25(22)29)11-20(36)24-21(37)15-35(28(24)38)19-8-4-3-5-9-19/h3-10,12,16-17,32,36H,11,13-15H2,1-2H3,(H2,30,33)/t16-,17+. The van der Waals surface area contributed by atoms with Gasteiger partial charge in [0, 0.05) is 42.2 Å². The van der Waals surface area contributed by atoms with Crippen LogP contribution in [0.1, 0.15) is 19.4 Å². The highest BCUT2D eigenvalue weighted by molar-refractivity contribution is 7.99. The number of rotatable bonds is 6. The number of nitrogen functional groups attached to an aromatic ring is 1. The molecule has 5 rings (SSSR count). The molecule has 3 aromatic rings. The van der Waals surface area contributed by atoms with Crippen LogP contribution in [0.5, 0.6) is 0 Å². The number of aromatic nitrogens is 2. The third kappa shape index (κ3) is 5.73. The number of amides is 1. The van der Waals surface area contributed by atoms with E-state index in [0.717, 1.165) is 18.9 Å². The van der Waals surface area contributed by atoms with Crippen LogP contribution in [-0.2, 0) is 16.0 Å². The van der Waals surface area contributed by atoms with Gasteiger partial charge >= 0.3 is 0 Å². The number of hydrogen-bond acceptors (Lipinski definition) is 9. The average molecular weight is 565 g/mol. The van der Waals surface area contributed by atoms with Gasteiger partial charge in [-0.3, -0.25) is 9.59 Å². The van der Waals surface area contributed by atoms with Crippen molar-refractivity contribution in [2.75, 3.05) is 35.2 Å². The predicted octanol–water partition coefficient (Wildman–Crippen LogP) is 4.02. The van der Waals surface area contributed by atoms with E-state index in [9.17, 15) is 14.7 Å². The Morgan fingerprint density at radius 1 is 1.13 bits per heavy atom. The van der Waals surface area contributed by atoms with Crippen LogP contribution in [0.3, 0.4) is 0 Å². The molecule has 2 aromatic carbocycles. The van der Waals surface area contributed by atoms with Crippen molar-refractivity contribution in [2.24, 2.45) is 0 Å².